The summed E-state index contributed by atoms with van der Waals surface area (Å²) >= 11 is 0. The smallest absolute Gasteiger partial charge is 0.319 e. The average molecular weight is 292 g/mol. The van der Waals surface area contributed by atoms with Crippen molar-refractivity contribution in [3.05, 3.63) is 42.4 Å². The molecule has 0 saturated heterocycles. The Morgan fingerprint density at radius 3 is 2.90 bits per heavy atom. The highest BCUT2D eigenvalue weighted by atomic mass is 19.1. The molecule has 112 valence electrons. The van der Waals surface area contributed by atoms with Crippen molar-refractivity contribution in [3.63, 3.8) is 0 Å². The van der Waals surface area contributed by atoms with E-state index in [2.05, 4.69) is 10.6 Å². The van der Waals surface area contributed by atoms with Crippen molar-refractivity contribution in [2.24, 2.45) is 0 Å². The minimum absolute atomic E-state index is 0.0889. The average Bonchev–Trinajstić information content (AvgIpc) is 2.95. The fourth-order valence-electron chi connectivity index (χ4n) is 1.89. The Morgan fingerprint density at radius 2 is 2.24 bits per heavy atom. The number of carbonyl (C=O) groups excluding carboxylic acids is 1. The van der Waals surface area contributed by atoms with E-state index in [1.165, 1.54) is 18.4 Å². The van der Waals surface area contributed by atoms with Crippen LogP contribution in [0.2, 0.25) is 0 Å². The molecule has 0 saturated carbocycles. The maximum Gasteiger partial charge on any atom is 0.319 e. The van der Waals surface area contributed by atoms with Gasteiger partial charge in [0, 0.05) is 12.7 Å². The topological polar surface area (TPSA) is 63.5 Å². The van der Waals surface area contributed by atoms with Crippen LogP contribution in [0.5, 0.6) is 0 Å². The molecule has 0 aliphatic carbocycles. The lowest BCUT2D eigenvalue weighted by molar-refractivity contribution is 0.173. The Bertz CT molecular complexity index is 599. The SMILES string of the molecule is COC[C@@H](C)NC(=O)Nc1cc(-c2ccco2)ccc1F. The van der Waals surface area contributed by atoms with E-state index in [1.54, 1.807) is 32.2 Å². The number of anilines is 1. The Labute approximate surface area is 122 Å². The fourth-order valence-corrected chi connectivity index (χ4v) is 1.89. The third-order valence-electron chi connectivity index (χ3n) is 2.81. The zero-order valence-corrected chi connectivity index (χ0v) is 11.9. The predicted molar refractivity (Wildman–Crippen MR) is 77.6 cm³/mol. The summed E-state index contributed by atoms with van der Waals surface area (Å²) in [7, 11) is 1.54. The summed E-state index contributed by atoms with van der Waals surface area (Å²) in [6, 6.07) is 7.23. The van der Waals surface area contributed by atoms with E-state index in [-0.39, 0.29) is 11.7 Å². The van der Waals surface area contributed by atoms with Crippen molar-refractivity contribution in [3.8, 4) is 11.3 Å². The largest absolute Gasteiger partial charge is 0.464 e. The molecule has 0 aliphatic rings. The molecule has 0 aliphatic heterocycles. The number of hydrogen-bond acceptors (Lipinski definition) is 3. The molecule has 2 rings (SSSR count). The number of benzene rings is 1. The first-order valence-electron chi connectivity index (χ1n) is 6.50. The van der Waals surface area contributed by atoms with Crippen molar-refractivity contribution in [2.45, 2.75) is 13.0 Å². The van der Waals surface area contributed by atoms with Gasteiger partial charge in [0.05, 0.1) is 24.6 Å². The van der Waals surface area contributed by atoms with Gasteiger partial charge in [-0.2, -0.15) is 0 Å². The van der Waals surface area contributed by atoms with Gasteiger partial charge in [0.15, 0.2) is 0 Å². The molecule has 6 heteroatoms. The van der Waals surface area contributed by atoms with Crippen molar-refractivity contribution in [2.75, 3.05) is 19.0 Å². The Hall–Kier alpha value is -2.34. The summed E-state index contributed by atoms with van der Waals surface area (Å²) in [5, 5.41) is 5.13. The first-order chi connectivity index (χ1) is 10.1. The number of urea groups is 1. The lowest BCUT2D eigenvalue weighted by Crippen LogP contribution is -2.38. The van der Waals surface area contributed by atoms with Gasteiger partial charge in [-0.1, -0.05) is 0 Å². The molecule has 21 heavy (non-hydrogen) atoms. The molecular formula is C15H17FN2O3. The number of nitrogens with one attached hydrogen (secondary N) is 2. The molecule has 2 aromatic rings. The molecule has 0 unspecified atom stereocenters. The number of ether oxygens (including phenoxy) is 1. The van der Waals surface area contributed by atoms with Gasteiger partial charge in [-0.15, -0.1) is 0 Å². The second-order valence-corrected chi connectivity index (χ2v) is 4.63. The molecule has 0 bridgehead atoms. The van der Waals surface area contributed by atoms with Crippen LogP contribution in [0.3, 0.4) is 0 Å². The molecule has 1 aromatic heterocycles. The third kappa shape index (κ3) is 4.06. The van der Waals surface area contributed by atoms with Crippen molar-refractivity contribution in [1.29, 1.82) is 0 Å². The van der Waals surface area contributed by atoms with Gasteiger partial charge in [-0.05, 0) is 37.3 Å². The third-order valence-corrected chi connectivity index (χ3v) is 2.81. The number of hydrogen-bond donors (Lipinski definition) is 2. The zero-order valence-electron chi connectivity index (χ0n) is 11.9. The van der Waals surface area contributed by atoms with Crippen molar-refractivity contribution >= 4 is 11.7 Å². The molecule has 5 nitrogen and oxygen atoms in total. The minimum Gasteiger partial charge on any atom is -0.464 e. The van der Waals surface area contributed by atoms with E-state index < -0.39 is 11.8 Å². The second-order valence-electron chi connectivity index (χ2n) is 4.63. The highest BCUT2D eigenvalue weighted by Crippen LogP contribution is 2.25. The van der Waals surface area contributed by atoms with Gasteiger partial charge in [-0.3, -0.25) is 0 Å². The second kappa shape index (κ2) is 6.90. The number of furan rings is 1. The zero-order chi connectivity index (χ0) is 15.2. The summed E-state index contributed by atoms with van der Waals surface area (Å²) in [5.74, 6) is 0.0889. The minimum atomic E-state index is -0.514. The van der Waals surface area contributed by atoms with Gasteiger partial charge >= 0.3 is 6.03 Å². The van der Waals surface area contributed by atoms with Crippen LogP contribution in [0.4, 0.5) is 14.9 Å². The monoisotopic (exact) mass is 292 g/mol. The summed E-state index contributed by atoms with van der Waals surface area (Å²) in [5.41, 5.74) is 0.771. The van der Waals surface area contributed by atoms with Crippen LogP contribution >= 0.6 is 0 Å². The number of halogens is 1. The fraction of sp³-hybridized carbons (Fsp3) is 0.267. The quantitative estimate of drug-likeness (QED) is 0.889. The van der Waals surface area contributed by atoms with Crippen LogP contribution < -0.4 is 10.6 Å². The molecular weight excluding hydrogens is 275 g/mol. The number of carbonyl (C=O) groups is 1. The molecule has 0 fully saturated rings. The standard InChI is InChI=1S/C15H17FN2O3/c1-10(9-20-2)17-15(19)18-13-8-11(5-6-12(13)16)14-4-3-7-21-14/h3-8,10H,9H2,1-2H3,(H2,17,18,19)/t10-/m1/s1. The first-order valence-corrected chi connectivity index (χ1v) is 6.50. The maximum atomic E-state index is 13.8. The van der Waals surface area contributed by atoms with Gasteiger partial charge < -0.3 is 19.8 Å². The van der Waals surface area contributed by atoms with E-state index in [0.29, 0.717) is 17.9 Å². The first kappa shape index (κ1) is 15.1. The lowest BCUT2D eigenvalue weighted by atomic mass is 10.1. The van der Waals surface area contributed by atoms with Crippen LogP contribution in [-0.2, 0) is 4.74 Å². The van der Waals surface area contributed by atoms with E-state index in [1.807, 2.05) is 0 Å². The van der Waals surface area contributed by atoms with Crippen molar-refractivity contribution < 1.29 is 18.3 Å². The molecule has 1 aromatic carbocycles. The van der Waals surface area contributed by atoms with Crippen molar-refractivity contribution in [1.82, 2.24) is 5.32 Å². The molecule has 0 radical (unpaired) electrons. The van der Waals surface area contributed by atoms with Gasteiger partial charge in [0.2, 0.25) is 0 Å². The highest BCUT2D eigenvalue weighted by Gasteiger charge is 2.11. The van der Waals surface area contributed by atoms with Crippen LogP contribution in [-0.4, -0.2) is 25.8 Å². The lowest BCUT2D eigenvalue weighted by Gasteiger charge is -2.14. The summed E-state index contributed by atoms with van der Waals surface area (Å²) < 4.78 is 23.9. The maximum absolute atomic E-state index is 13.8. The highest BCUT2D eigenvalue weighted by molar-refractivity contribution is 5.90. The molecule has 0 spiro atoms. The van der Waals surface area contributed by atoms with E-state index in [4.69, 9.17) is 9.15 Å². The van der Waals surface area contributed by atoms with Gasteiger partial charge in [0.1, 0.15) is 11.6 Å². The van der Waals surface area contributed by atoms with Crippen LogP contribution in [0.15, 0.2) is 41.0 Å². The summed E-state index contributed by atoms with van der Waals surface area (Å²) in [4.78, 5) is 11.8. The molecule has 1 heterocycles. The molecule has 2 amide bonds. The Morgan fingerprint density at radius 1 is 1.43 bits per heavy atom. The van der Waals surface area contributed by atoms with E-state index >= 15 is 0 Å². The Balaban J connectivity index is 2.09. The van der Waals surface area contributed by atoms with Crippen LogP contribution in [0.25, 0.3) is 11.3 Å². The number of rotatable bonds is 5. The predicted octanol–water partition coefficient (Wildman–Crippen LogP) is 3.24. The van der Waals surface area contributed by atoms with Crippen LogP contribution in [0.1, 0.15) is 6.92 Å². The molecule has 2 N–H and O–H groups in total. The number of amides is 2. The Kier molecular flexibility index (Phi) is 4.94. The normalized spacial score (nSPS) is 12.0. The summed E-state index contributed by atoms with van der Waals surface area (Å²) in [6.07, 6.45) is 1.53. The summed E-state index contributed by atoms with van der Waals surface area (Å²) in [6.45, 7) is 2.17. The van der Waals surface area contributed by atoms with E-state index in [0.717, 1.165) is 0 Å². The van der Waals surface area contributed by atoms with E-state index in [9.17, 15) is 9.18 Å². The molecule has 1 atom stereocenters. The number of methoxy groups -OCH3 is 1. The van der Waals surface area contributed by atoms with Gasteiger partial charge in [-0.25, -0.2) is 9.18 Å². The van der Waals surface area contributed by atoms with Crippen LogP contribution in [0, 0.1) is 5.82 Å². The van der Waals surface area contributed by atoms with Gasteiger partial charge in [0.25, 0.3) is 0 Å².